The maximum absolute atomic E-state index is 2.36. The largest absolute Gasteiger partial charge is 0.0645 e. The lowest BCUT2D eigenvalue weighted by Gasteiger charge is -2.22. The minimum absolute atomic E-state index is 0.270. The van der Waals surface area contributed by atoms with Gasteiger partial charge in [0.1, 0.15) is 0 Å². The van der Waals surface area contributed by atoms with Crippen molar-refractivity contribution < 1.29 is 0 Å². The molecule has 0 heteroatoms. The molecule has 0 fully saturated rings. The Morgan fingerprint density at radius 3 is 2.25 bits per heavy atom. The molecule has 0 heterocycles. The number of hydrogen-bond donors (Lipinski definition) is 0. The van der Waals surface area contributed by atoms with Crippen LogP contribution >= 0.6 is 0 Å². The lowest BCUT2D eigenvalue weighted by Crippen LogP contribution is -2.08. The molecule has 0 aliphatic rings. The van der Waals surface area contributed by atoms with Gasteiger partial charge in [-0.1, -0.05) is 63.1 Å². The number of benzene rings is 1. The third kappa shape index (κ3) is 3.23. The van der Waals surface area contributed by atoms with Crippen LogP contribution in [0.4, 0.5) is 0 Å². The summed E-state index contributed by atoms with van der Waals surface area (Å²) >= 11 is 0. The van der Waals surface area contributed by atoms with E-state index in [1.54, 1.807) is 0 Å². The van der Waals surface area contributed by atoms with Crippen LogP contribution in [0.15, 0.2) is 23.8 Å². The van der Waals surface area contributed by atoms with Gasteiger partial charge in [0, 0.05) is 0 Å². The molecule has 0 aromatic heterocycles. The summed E-state index contributed by atoms with van der Waals surface area (Å²) in [6.45, 7) is 13.4. The van der Waals surface area contributed by atoms with Crippen molar-refractivity contribution in [1.29, 1.82) is 0 Å². The Morgan fingerprint density at radius 2 is 1.81 bits per heavy atom. The van der Waals surface area contributed by atoms with Crippen LogP contribution in [-0.2, 0) is 0 Å². The van der Waals surface area contributed by atoms with Gasteiger partial charge in [0.15, 0.2) is 0 Å². The molecular formula is C16H24. The fourth-order valence-electron chi connectivity index (χ4n) is 2.02. The summed E-state index contributed by atoms with van der Waals surface area (Å²) in [5.41, 5.74) is 5.85. The number of aryl methyl sites for hydroxylation is 2. The van der Waals surface area contributed by atoms with Crippen molar-refractivity contribution in [3.63, 3.8) is 0 Å². The molecular weight excluding hydrogens is 192 g/mol. The second-order valence-corrected chi connectivity index (χ2v) is 5.63. The van der Waals surface area contributed by atoms with Crippen molar-refractivity contribution in [1.82, 2.24) is 0 Å². The highest BCUT2D eigenvalue weighted by atomic mass is 14.2. The highest BCUT2D eigenvalue weighted by Gasteiger charge is 2.15. The summed E-state index contributed by atoms with van der Waals surface area (Å²) in [4.78, 5) is 0. The van der Waals surface area contributed by atoms with Gasteiger partial charge in [-0.25, -0.2) is 0 Å². The molecule has 0 N–H and O–H groups in total. The summed E-state index contributed by atoms with van der Waals surface area (Å²) in [6.07, 6.45) is 3.48. The molecule has 0 aliphatic carbocycles. The zero-order chi connectivity index (χ0) is 12.3. The Hall–Kier alpha value is -1.04. The second-order valence-electron chi connectivity index (χ2n) is 5.63. The quantitative estimate of drug-likeness (QED) is 0.642. The molecule has 0 saturated heterocycles. The summed E-state index contributed by atoms with van der Waals surface area (Å²) in [7, 11) is 0. The van der Waals surface area contributed by atoms with Crippen LogP contribution in [0.3, 0.4) is 0 Å². The van der Waals surface area contributed by atoms with Crippen LogP contribution < -0.4 is 0 Å². The lowest BCUT2D eigenvalue weighted by molar-refractivity contribution is 0.492. The lowest BCUT2D eigenvalue weighted by atomic mass is 9.83. The Bertz CT molecular complexity index is 389. The van der Waals surface area contributed by atoms with E-state index in [4.69, 9.17) is 0 Å². The fourth-order valence-corrected chi connectivity index (χ4v) is 2.02. The molecule has 0 spiro atoms. The van der Waals surface area contributed by atoms with E-state index in [0.29, 0.717) is 0 Å². The highest BCUT2D eigenvalue weighted by molar-refractivity contribution is 5.58. The van der Waals surface area contributed by atoms with Gasteiger partial charge in [-0.2, -0.15) is 0 Å². The Balaban J connectivity index is 3.14. The Morgan fingerprint density at radius 1 is 1.19 bits per heavy atom. The fraction of sp³-hybridized carbons (Fsp3) is 0.500. The van der Waals surface area contributed by atoms with Crippen molar-refractivity contribution in [2.75, 3.05) is 0 Å². The van der Waals surface area contributed by atoms with Crippen molar-refractivity contribution in [3.8, 4) is 0 Å². The molecule has 88 valence electrons. The molecule has 0 bridgehead atoms. The topological polar surface area (TPSA) is 0 Å². The maximum Gasteiger partial charge on any atom is -0.0170 e. The third-order valence-electron chi connectivity index (χ3n) is 3.10. The van der Waals surface area contributed by atoms with E-state index in [1.807, 2.05) is 0 Å². The first kappa shape index (κ1) is 13.0. The maximum atomic E-state index is 2.36. The van der Waals surface area contributed by atoms with E-state index in [1.165, 1.54) is 22.3 Å². The number of allylic oxidation sites excluding steroid dienone is 1. The van der Waals surface area contributed by atoms with E-state index in [2.05, 4.69) is 65.8 Å². The van der Waals surface area contributed by atoms with Crippen LogP contribution in [0.25, 0.3) is 6.08 Å². The summed E-state index contributed by atoms with van der Waals surface area (Å²) in [5, 5.41) is 0. The van der Waals surface area contributed by atoms with Crippen LogP contribution in [0.5, 0.6) is 0 Å². The molecule has 0 aliphatic heterocycles. The van der Waals surface area contributed by atoms with Gasteiger partial charge in [-0.3, -0.25) is 0 Å². The second kappa shape index (κ2) is 4.86. The Kier molecular flexibility index (Phi) is 3.96. The van der Waals surface area contributed by atoms with Gasteiger partial charge in [-0.05, 0) is 36.8 Å². The van der Waals surface area contributed by atoms with Gasteiger partial charge in [0.05, 0.1) is 0 Å². The van der Waals surface area contributed by atoms with Gasteiger partial charge in [-0.15, -0.1) is 0 Å². The molecule has 1 aromatic rings. The summed E-state index contributed by atoms with van der Waals surface area (Å²) in [6, 6.07) is 6.67. The minimum Gasteiger partial charge on any atom is -0.0645 e. The SMILES string of the molecule is CC/C(=C\c1ccc(C)cc1C)C(C)(C)C. The Labute approximate surface area is 100 Å². The average Bonchev–Trinajstić information content (AvgIpc) is 2.14. The minimum atomic E-state index is 0.270. The smallest absolute Gasteiger partial charge is 0.0170 e. The highest BCUT2D eigenvalue weighted by Crippen LogP contribution is 2.30. The molecule has 0 nitrogen and oxygen atoms in total. The van der Waals surface area contributed by atoms with E-state index in [-0.39, 0.29) is 5.41 Å². The summed E-state index contributed by atoms with van der Waals surface area (Å²) in [5.74, 6) is 0. The number of hydrogen-bond acceptors (Lipinski definition) is 0. The van der Waals surface area contributed by atoms with Crippen LogP contribution in [0, 0.1) is 19.3 Å². The van der Waals surface area contributed by atoms with Crippen LogP contribution in [0.1, 0.15) is 50.8 Å². The van der Waals surface area contributed by atoms with Gasteiger partial charge in [0.25, 0.3) is 0 Å². The van der Waals surface area contributed by atoms with Crippen molar-refractivity contribution >= 4 is 6.08 Å². The molecule has 0 saturated carbocycles. The molecule has 0 amide bonds. The average molecular weight is 216 g/mol. The third-order valence-corrected chi connectivity index (χ3v) is 3.10. The molecule has 0 unspecified atom stereocenters. The van der Waals surface area contributed by atoms with Gasteiger partial charge in [0.2, 0.25) is 0 Å². The van der Waals surface area contributed by atoms with E-state index in [0.717, 1.165) is 6.42 Å². The van der Waals surface area contributed by atoms with Crippen LogP contribution in [0.2, 0.25) is 0 Å². The van der Waals surface area contributed by atoms with E-state index < -0.39 is 0 Å². The predicted molar refractivity (Wildman–Crippen MR) is 73.6 cm³/mol. The van der Waals surface area contributed by atoms with E-state index in [9.17, 15) is 0 Å². The van der Waals surface area contributed by atoms with Gasteiger partial charge < -0.3 is 0 Å². The molecule has 1 rings (SSSR count). The zero-order valence-corrected chi connectivity index (χ0v) is 11.5. The molecule has 16 heavy (non-hydrogen) atoms. The summed E-state index contributed by atoms with van der Waals surface area (Å²) < 4.78 is 0. The standard InChI is InChI=1S/C16H24/c1-7-15(16(4,5)6)11-14-9-8-12(2)10-13(14)3/h8-11H,7H2,1-6H3/b15-11+. The van der Waals surface area contributed by atoms with Gasteiger partial charge >= 0.3 is 0 Å². The first-order valence-corrected chi connectivity index (χ1v) is 6.13. The van der Waals surface area contributed by atoms with Crippen molar-refractivity contribution in [2.45, 2.75) is 48.0 Å². The molecule has 0 atom stereocenters. The number of rotatable bonds is 2. The predicted octanol–water partition coefficient (Wildman–Crippen LogP) is 5.14. The normalized spacial score (nSPS) is 13.0. The van der Waals surface area contributed by atoms with Crippen LogP contribution in [-0.4, -0.2) is 0 Å². The van der Waals surface area contributed by atoms with Crippen molar-refractivity contribution in [2.24, 2.45) is 5.41 Å². The zero-order valence-electron chi connectivity index (χ0n) is 11.5. The molecule has 0 radical (unpaired) electrons. The molecule has 1 aromatic carbocycles. The van der Waals surface area contributed by atoms with E-state index >= 15 is 0 Å². The first-order valence-electron chi connectivity index (χ1n) is 6.13. The van der Waals surface area contributed by atoms with Crippen molar-refractivity contribution in [3.05, 3.63) is 40.5 Å². The monoisotopic (exact) mass is 216 g/mol. The first-order chi connectivity index (χ1) is 7.34.